The third-order valence-corrected chi connectivity index (χ3v) is 5.50. The standard InChI is InChI=1S/C22H19ClF2N2O2/c23-14-4-6-16-18(22(29)26-8-2-1-3-9-26)12-27(20(16)10-14)13-21(28)17-11-15(24)5-7-19(17)25/h4-7,10-12H,1-3,8-9,13H2. The quantitative estimate of drug-likeness (QED) is 0.556. The Hall–Kier alpha value is -2.73. The summed E-state index contributed by atoms with van der Waals surface area (Å²) in [6.07, 6.45) is 4.64. The number of carbonyl (C=O) groups excluding carboxylic acids is 2. The number of hydrogen-bond donors (Lipinski definition) is 0. The summed E-state index contributed by atoms with van der Waals surface area (Å²) in [5.41, 5.74) is 0.756. The summed E-state index contributed by atoms with van der Waals surface area (Å²) in [6.45, 7) is 1.17. The van der Waals surface area contributed by atoms with Gasteiger partial charge in [0.25, 0.3) is 5.91 Å². The molecule has 1 aromatic heterocycles. The lowest BCUT2D eigenvalue weighted by molar-refractivity contribution is 0.0725. The summed E-state index contributed by atoms with van der Waals surface area (Å²) in [4.78, 5) is 27.5. The molecule has 1 amide bonds. The van der Waals surface area contributed by atoms with Crippen molar-refractivity contribution in [2.45, 2.75) is 25.8 Å². The van der Waals surface area contributed by atoms with Gasteiger partial charge in [-0.3, -0.25) is 9.59 Å². The summed E-state index contributed by atoms with van der Waals surface area (Å²) in [5, 5.41) is 1.13. The Labute approximate surface area is 171 Å². The molecule has 7 heteroatoms. The highest BCUT2D eigenvalue weighted by Gasteiger charge is 2.23. The molecule has 2 heterocycles. The van der Waals surface area contributed by atoms with E-state index >= 15 is 0 Å². The minimum atomic E-state index is -0.782. The number of ketones is 1. The zero-order chi connectivity index (χ0) is 20.5. The summed E-state index contributed by atoms with van der Waals surface area (Å²) < 4.78 is 29.0. The van der Waals surface area contributed by atoms with E-state index in [0.717, 1.165) is 37.5 Å². The van der Waals surface area contributed by atoms with Crippen LogP contribution in [0, 0.1) is 11.6 Å². The molecule has 2 aromatic carbocycles. The fourth-order valence-corrected chi connectivity index (χ4v) is 3.95. The van der Waals surface area contributed by atoms with Crippen LogP contribution in [0.5, 0.6) is 0 Å². The molecule has 1 fully saturated rings. The average molecular weight is 417 g/mol. The predicted octanol–water partition coefficient (Wildman–Crippen LogP) is 5.08. The first-order valence-corrected chi connectivity index (χ1v) is 9.88. The number of rotatable bonds is 4. The molecular weight excluding hydrogens is 398 g/mol. The van der Waals surface area contributed by atoms with Crippen molar-refractivity contribution in [1.29, 1.82) is 0 Å². The molecule has 150 valence electrons. The maximum Gasteiger partial charge on any atom is 0.256 e. The van der Waals surface area contributed by atoms with Crippen molar-refractivity contribution in [2.75, 3.05) is 13.1 Å². The van der Waals surface area contributed by atoms with E-state index in [1.54, 1.807) is 29.0 Å². The lowest BCUT2D eigenvalue weighted by atomic mass is 10.1. The van der Waals surface area contributed by atoms with Crippen LogP contribution in [0.15, 0.2) is 42.6 Å². The van der Waals surface area contributed by atoms with Crippen LogP contribution in [0.4, 0.5) is 8.78 Å². The minimum Gasteiger partial charge on any atom is -0.339 e. The van der Waals surface area contributed by atoms with Gasteiger partial charge in [-0.2, -0.15) is 0 Å². The largest absolute Gasteiger partial charge is 0.339 e. The topological polar surface area (TPSA) is 42.3 Å². The molecular formula is C22H19ClF2N2O2. The fraction of sp³-hybridized carbons (Fsp3) is 0.273. The molecule has 1 aliphatic rings. The second kappa shape index (κ2) is 7.95. The first kappa shape index (κ1) is 19.6. The molecule has 0 saturated carbocycles. The van der Waals surface area contributed by atoms with Crippen molar-refractivity contribution in [3.63, 3.8) is 0 Å². The monoisotopic (exact) mass is 416 g/mol. The van der Waals surface area contributed by atoms with Crippen molar-refractivity contribution in [1.82, 2.24) is 9.47 Å². The van der Waals surface area contributed by atoms with Gasteiger partial charge in [-0.25, -0.2) is 8.78 Å². The summed E-state index contributed by atoms with van der Waals surface area (Å²) in [7, 11) is 0. The van der Waals surface area contributed by atoms with Crippen LogP contribution in [-0.4, -0.2) is 34.2 Å². The highest BCUT2D eigenvalue weighted by Crippen LogP contribution is 2.27. The SMILES string of the molecule is O=C(Cn1cc(C(=O)N2CCCCC2)c2ccc(Cl)cc21)c1cc(F)ccc1F. The zero-order valence-corrected chi connectivity index (χ0v) is 16.4. The molecule has 4 rings (SSSR count). The van der Waals surface area contributed by atoms with Gasteiger partial charge >= 0.3 is 0 Å². The number of piperidine rings is 1. The first-order chi connectivity index (χ1) is 13.9. The Morgan fingerprint density at radius 2 is 1.72 bits per heavy atom. The summed E-state index contributed by atoms with van der Waals surface area (Å²) in [5.74, 6) is -2.15. The molecule has 1 saturated heterocycles. The van der Waals surface area contributed by atoms with Gasteiger partial charge in [0.15, 0.2) is 5.78 Å². The van der Waals surface area contributed by atoms with E-state index in [1.165, 1.54) is 0 Å². The van der Waals surface area contributed by atoms with E-state index in [1.807, 2.05) is 4.90 Å². The Bertz CT molecular complexity index is 1100. The number of benzene rings is 2. The summed E-state index contributed by atoms with van der Waals surface area (Å²) >= 11 is 6.12. The molecule has 0 bridgehead atoms. The van der Waals surface area contributed by atoms with Gasteiger partial charge in [0.05, 0.1) is 23.2 Å². The van der Waals surface area contributed by atoms with E-state index in [2.05, 4.69) is 0 Å². The fourth-order valence-electron chi connectivity index (χ4n) is 3.78. The van der Waals surface area contributed by atoms with Gasteiger partial charge < -0.3 is 9.47 Å². The van der Waals surface area contributed by atoms with Crippen molar-refractivity contribution in [3.8, 4) is 0 Å². The molecule has 0 spiro atoms. The van der Waals surface area contributed by atoms with Gasteiger partial charge in [-0.1, -0.05) is 17.7 Å². The zero-order valence-electron chi connectivity index (χ0n) is 15.6. The van der Waals surface area contributed by atoms with Gasteiger partial charge in [-0.05, 0) is 49.6 Å². The third kappa shape index (κ3) is 3.90. The highest BCUT2D eigenvalue weighted by atomic mass is 35.5. The van der Waals surface area contributed by atoms with Crippen molar-refractivity contribution in [3.05, 3.63) is 70.4 Å². The van der Waals surface area contributed by atoms with Gasteiger partial charge in [0, 0.05) is 29.7 Å². The first-order valence-electron chi connectivity index (χ1n) is 9.50. The van der Waals surface area contributed by atoms with Gasteiger partial charge in [-0.15, -0.1) is 0 Å². The molecule has 0 radical (unpaired) electrons. The lowest BCUT2D eigenvalue weighted by Crippen LogP contribution is -2.35. The van der Waals surface area contributed by atoms with Crippen LogP contribution < -0.4 is 0 Å². The Balaban J connectivity index is 1.72. The number of likely N-dealkylation sites (tertiary alicyclic amines) is 1. The number of fused-ring (bicyclic) bond motifs is 1. The maximum atomic E-state index is 14.0. The normalized spacial score (nSPS) is 14.4. The second-order valence-electron chi connectivity index (χ2n) is 7.23. The van der Waals surface area contributed by atoms with Crippen LogP contribution in [0.1, 0.15) is 40.0 Å². The van der Waals surface area contributed by atoms with Crippen LogP contribution in [-0.2, 0) is 6.54 Å². The minimum absolute atomic E-state index is 0.0971. The van der Waals surface area contributed by atoms with Crippen molar-refractivity contribution in [2.24, 2.45) is 0 Å². The van der Waals surface area contributed by atoms with Crippen LogP contribution in [0.2, 0.25) is 5.02 Å². The molecule has 4 nitrogen and oxygen atoms in total. The van der Waals surface area contributed by atoms with E-state index < -0.39 is 17.4 Å². The molecule has 0 unspecified atom stereocenters. The third-order valence-electron chi connectivity index (χ3n) is 5.26. The second-order valence-corrected chi connectivity index (χ2v) is 7.67. The Morgan fingerprint density at radius 1 is 0.966 bits per heavy atom. The van der Waals surface area contributed by atoms with Crippen molar-refractivity contribution >= 4 is 34.2 Å². The Kier molecular flexibility index (Phi) is 5.37. The highest BCUT2D eigenvalue weighted by molar-refractivity contribution is 6.31. The number of amides is 1. The maximum absolute atomic E-state index is 14.0. The number of carbonyl (C=O) groups is 2. The summed E-state index contributed by atoms with van der Waals surface area (Å²) in [6, 6.07) is 7.88. The van der Waals surface area contributed by atoms with Crippen LogP contribution >= 0.6 is 11.6 Å². The van der Waals surface area contributed by atoms with E-state index in [0.29, 0.717) is 34.6 Å². The van der Waals surface area contributed by atoms with Crippen molar-refractivity contribution < 1.29 is 18.4 Å². The molecule has 0 atom stereocenters. The van der Waals surface area contributed by atoms with Gasteiger partial charge in [0.2, 0.25) is 0 Å². The van der Waals surface area contributed by atoms with Crippen LogP contribution in [0.25, 0.3) is 10.9 Å². The molecule has 1 aliphatic heterocycles. The number of halogens is 3. The molecule has 3 aromatic rings. The lowest BCUT2D eigenvalue weighted by Gasteiger charge is -2.26. The Morgan fingerprint density at radius 3 is 2.48 bits per heavy atom. The van der Waals surface area contributed by atoms with E-state index in [-0.39, 0.29) is 18.0 Å². The number of Topliss-reactive ketones (excluding diaryl/α,β-unsaturated/α-hetero) is 1. The number of aromatic nitrogens is 1. The molecule has 0 aliphatic carbocycles. The molecule has 0 N–H and O–H groups in total. The number of nitrogens with zero attached hydrogens (tertiary/aromatic N) is 2. The smallest absolute Gasteiger partial charge is 0.256 e. The van der Waals surface area contributed by atoms with E-state index in [9.17, 15) is 18.4 Å². The average Bonchev–Trinajstić information content (AvgIpc) is 3.07. The van der Waals surface area contributed by atoms with Gasteiger partial charge in [0.1, 0.15) is 11.6 Å². The van der Waals surface area contributed by atoms with Crippen LogP contribution in [0.3, 0.4) is 0 Å². The molecule has 29 heavy (non-hydrogen) atoms. The predicted molar refractivity (Wildman–Crippen MR) is 107 cm³/mol. The number of hydrogen-bond acceptors (Lipinski definition) is 2. The van der Waals surface area contributed by atoms with E-state index in [4.69, 9.17) is 11.6 Å².